The molecule has 4 atom stereocenters. The van der Waals surface area contributed by atoms with Crippen molar-refractivity contribution in [3.63, 3.8) is 0 Å². The van der Waals surface area contributed by atoms with Crippen LogP contribution >= 0.6 is 0 Å². The Morgan fingerprint density at radius 3 is 2.31 bits per heavy atom. The molecule has 0 unspecified atom stereocenters. The van der Waals surface area contributed by atoms with Crippen LogP contribution in [0, 0.1) is 17.8 Å². The van der Waals surface area contributed by atoms with Gasteiger partial charge in [0.15, 0.2) is 0 Å². The van der Waals surface area contributed by atoms with Crippen molar-refractivity contribution in [1.82, 2.24) is 9.97 Å². The summed E-state index contributed by atoms with van der Waals surface area (Å²) in [4.78, 5) is 8.45. The standard InChI is InChI=1S/C18H31N5O5S/c19-29(26,27)28-10-14-6-13(17(24)18(14)25)9-21-16-7-15(22-11-23-16)20-8-12-4-2-1-3-5-12/h7,11-14,17-18,24-25H,1-6,8-10H2,(H2,19,26,27)(H2,20,21,22,23)/t13-,14+,17-,18+/m0/s1. The highest BCUT2D eigenvalue weighted by Gasteiger charge is 2.41. The summed E-state index contributed by atoms with van der Waals surface area (Å²) in [6, 6.07) is 1.82. The zero-order valence-electron chi connectivity index (χ0n) is 16.4. The smallest absolute Gasteiger partial charge is 0.333 e. The molecule has 0 aliphatic heterocycles. The molecule has 0 amide bonds. The Morgan fingerprint density at radius 1 is 1.03 bits per heavy atom. The summed E-state index contributed by atoms with van der Waals surface area (Å²) >= 11 is 0. The van der Waals surface area contributed by atoms with Crippen molar-refractivity contribution < 1.29 is 22.8 Å². The minimum absolute atomic E-state index is 0.254. The van der Waals surface area contributed by atoms with Crippen LogP contribution in [0.15, 0.2) is 12.4 Å². The number of anilines is 2. The van der Waals surface area contributed by atoms with Crippen LogP contribution in [0.25, 0.3) is 0 Å². The number of hydrogen-bond acceptors (Lipinski definition) is 9. The number of nitrogens with one attached hydrogen (secondary N) is 2. The Hall–Kier alpha value is -1.53. The molecule has 2 fully saturated rings. The van der Waals surface area contributed by atoms with Crippen LogP contribution in [0.1, 0.15) is 38.5 Å². The maximum absolute atomic E-state index is 10.9. The molecule has 1 aromatic heterocycles. The van der Waals surface area contributed by atoms with E-state index in [0.717, 1.165) is 12.4 Å². The molecular weight excluding hydrogens is 398 g/mol. The molecule has 164 valence electrons. The third kappa shape index (κ3) is 6.75. The van der Waals surface area contributed by atoms with E-state index in [1.54, 1.807) is 0 Å². The van der Waals surface area contributed by atoms with Crippen LogP contribution in [-0.2, 0) is 14.5 Å². The summed E-state index contributed by atoms with van der Waals surface area (Å²) in [5.41, 5.74) is 0. The van der Waals surface area contributed by atoms with Gasteiger partial charge in [-0.1, -0.05) is 19.3 Å². The van der Waals surface area contributed by atoms with Gasteiger partial charge in [-0.3, -0.25) is 4.18 Å². The van der Waals surface area contributed by atoms with Gasteiger partial charge in [0.05, 0.1) is 18.8 Å². The van der Waals surface area contributed by atoms with Crippen LogP contribution in [0.5, 0.6) is 0 Å². The van der Waals surface area contributed by atoms with E-state index in [4.69, 9.17) is 5.14 Å². The number of aromatic nitrogens is 2. The van der Waals surface area contributed by atoms with Crippen molar-refractivity contribution in [3.05, 3.63) is 12.4 Å². The van der Waals surface area contributed by atoms with Gasteiger partial charge in [-0.25, -0.2) is 15.1 Å². The first-order valence-electron chi connectivity index (χ1n) is 10.1. The first-order chi connectivity index (χ1) is 13.8. The second-order valence-electron chi connectivity index (χ2n) is 8.07. The molecule has 2 aliphatic carbocycles. The summed E-state index contributed by atoms with van der Waals surface area (Å²) in [5, 5.41) is 31.7. The maximum atomic E-state index is 10.9. The molecule has 0 aromatic carbocycles. The van der Waals surface area contributed by atoms with E-state index in [-0.39, 0.29) is 12.5 Å². The lowest BCUT2D eigenvalue weighted by molar-refractivity contribution is -0.00162. The summed E-state index contributed by atoms with van der Waals surface area (Å²) in [6.07, 6.45) is 6.25. The number of nitrogens with zero attached hydrogens (tertiary/aromatic N) is 2. The molecule has 0 spiro atoms. The van der Waals surface area contributed by atoms with Gasteiger partial charge in [0.2, 0.25) is 0 Å². The normalized spacial score (nSPS) is 28.4. The number of aliphatic hydroxyl groups is 2. The molecule has 0 saturated heterocycles. The van der Waals surface area contributed by atoms with E-state index >= 15 is 0 Å². The Balaban J connectivity index is 1.47. The largest absolute Gasteiger partial charge is 0.390 e. The van der Waals surface area contributed by atoms with Gasteiger partial charge in [0.1, 0.15) is 18.0 Å². The average Bonchev–Trinajstić information content (AvgIpc) is 2.98. The van der Waals surface area contributed by atoms with E-state index in [2.05, 4.69) is 24.8 Å². The molecule has 3 rings (SSSR count). The summed E-state index contributed by atoms with van der Waals surface area (Å²) in [5.74, 6) is 1.28. The first-order valence-corrected chi connectivity index (χ1v) is 11.6. The molecule has 2 aliphatic rings. The zero-order valence-corrected chi connectivity index (χ0v) is 17.2. The topological polar surface area (TPSA) is 160 Å². The molecule has 11 heteroatoms. The number of hydrogen-bond donors (Lipinski definition) is 5. The molecule has 1 aromatic rings. The SMILES string of the molecule is NS(=O)(=O)OC[C@H]1C[C@@H](CNc2cc(NCC3CCCCC3)ncn2)[C@H](O)[C@@H]1O. The summed E-state index contributed by atoms with van der Waals surface area (Å²) < 4.78 is 26.4. The van der Waals surface area contributed by atoms with E-state index < -0.39 is 28.4 Å². The van der Waals surface area contributed by atoms with Gasteiger partial charge in [0, 0.05) is 31.0 Å². The van der Waals surface area contributed by atoms with Gasteiger partial charge in [-0.2, -0.15) is 8.42 Å². The molecule has 10 nitrogen and oxygen atoms in total. The fourth-order valence-electron chi connectivity index (χ4n) is 4.20. The van der Waals surface area contributed by atoms with Crippen LogP contribution in [0.4, 0.5) is 11.6 Å². The lowest BCUT2D eigenvalue weighted by atomic mass is 9.89. The fourth-order valence-corrected chi connectivity index (χ4v) is 4.57. The maximum Gasteiger partial charge on any atom is 0.333 e. The molecule has 29 heavy (non-hydrogen) atoms. The average molecular weight is 430 g/mol. The summed E-state index contributed by atoms with van der Waals surface area (Å²) in [7, 11) is -4.08. The molecule has 2 saturated carbocycles. The molecule has 0 radical (unpaired) electrons. The van der Waals surface area contributed by atoms with Crippen molar-refractivity contribution in [2.45, 2.75) is 50.7 Å². The highest BCUT2D eigenvalue weighted by Crippen LogP contribution is 2.32. The quantitative estimate of drug-likeness (QED) is 0.376. The van der Waals surface area contributed by atoms with Crippen LogP contribution in [-0.4, -0.2) is 60.5 Å². The van der Waals surface area contributed by atoms with Crippen molar-refractivity contribution in [1.29, 1.82) is 0 Å². The van der Waals surface area contributed by atoms with E-state index in [9.17, 15) is 18.6 Å². The lowest BCUT2D eigenvalue weighted by Crippen LogP contribution is -2.32. The lowest BCUT2D eigenvalue weighted by Gasteiger charge is -2.22. The minimum Gasteiger partial charge on any atom is -0.390 e. The predicted octanol–water partition coefficient (Wildman–Crippen LogP) is 0.459. The Morgan fingerprint density at radius 2 is 1.66 bits per heavy atom. The van der Waals surface area contributed by atoms with Crippen molar-refractivity contribution in [3.8, 4) is 0 Å². The third-order valence-corrected chi connectivity index (χ3v) is 6.34. The minimum atomic E-state index is -4.08. The van der Waals surface area contributed by atoms with Gasteiger partial charge in [0.25, 0.3) is 0 Å². The molecular formula is C18H31N5O5S. The van der Waals surface area contributed by atoms with Crippen LogP contribution in [0.3, 0.4) is 0 Å². The van der Waals surface area contributed by atoms with Gasteiger partial charge in [-0.05, 0) is 25.2 Å². The first kappa shape index (κ1) is 22.2. The van der Waals surface area contributed by atoms with Crippen molar-refractivity contribution in [2.75, 3.05) is 30.3 Å². The van der Waals surface area contributed by atoms with Gasteiger partial charge >= 0.3 is 10.3 Å². The molecule has 6 N–H and O–H groups in total. The highest BCUT2D eigenvalue weighted by atomic mass is 32.2. The monoisotopic (exact) mass is 429 g/mol. The van der Waals surface area contributed by atoms with E-state index in [0.29, 0.717) is 24.7 Å². The fraction of sp³-hybridized carbons (Fsp3) is 0.778. The Labute approximate surface area is 171 Å². The van der Waals surface area contributed by atoms with Crippen molar-refractivity contribution in [2.24, 2.45) is 22.9 Å². The number of nitrogens with two attached hydrogens (primary N) is 1. The van der Waals surface area contributed by atoms with Gasteiger partial charge in [-0.15, -0.1) is 0 Å². The molecule has 1 heterocycles. The van der Waals surface area contributed by atoms with Gasteiger partial charge < -0.3 is 20.8 Å². The van der Waals surface area contributed by atoms with Crippen molar-refractivity contribution >= 4 is 21.9 Å². The van der Waals surface area contributed by atoms with Crippen LogP contribution in [0.2, 0.25) is 0 Å². The highest BCUT2D eigenvalue weighted by molar-refractivity contribution is 7.84. The number of aliphatic hydroxyl groups excluding tert-OH is 2. The van der Waals surface area contributed by atoms with E-state index in [1.807, 2.05) is 6.07 Å². The summed E-state index contributed by atoms with van der Waals surface area (Å²) in [6.45, 7) is 1.02. The zero-order chi connectivity index (χ0) is 20.9. The predicted molar refractivity (Wildman–Crippen MR) is 108 cm³/mol. The van der Waals surface area contributed by atoms with Crippen LogP contribution < -0.4 is 15.8 Å². The van der Waals surface area contributed by atoms with E-state index in [1.165, 1.54) is 38.4 Å². The molecule has 0 bridgehead atoms. The third-order valence-electron chi connectivity index (χ3n) is 5.88. The second-order valence-corrected chi connectivity index (χ2v) is 9.29. The Bertz CT molecular complexity index is 759. The number of rotatable bonds is 9. The Kier molecular flexibility index (Phi) is 7.63. The second kappa shape index (κ2) is 9.98.